The van der Waals surface area contributed by atoms with Gasteiger partial charge in [0.2, 0.25) is 5.75 Å². The van der Waals surface area contributed by atoms with Crippen LogP contribution < -0.4 is 9.47 Å². The molecular weight excluding hydrogens is 384 g/mol. The average Bonchev–Trinajstić information content (AvgIpc) is 2.78. The van der Waals surface area contributed by atoms with Crippen molar-refractivity contribution in [2.45, 2.75) is 6.61 Å². The smallest absolute Gasteiger partial charge is 0.343 e. The second kappa shape index (κ2) is 8.40. The van der Waals surface area contributed by atoms with E-state index in [-0.39, 0.29) is 22.5 Å². The van der Waals surface area contributed by atoms with Crippen molar-refractivity contribution in [3.05, 3.63) is 106 Å². The van der Waals surface area contributed by atoms with Crippen molar-refractivity contribution in [1.82, 2.24) is 4.98 Å². The van der Waals surface area contributed by atoms with Gasteiger partial charge in [0.05, 0.1) is 10.5 Å². The SMILES string of the molecule is O=C(Oc1c([N+](=O)[O-])ccc2cccnc12)c1ccc(OCc2ccccc2)cc1. The number of benzene rings is 3. The summed E-state index contributed by atoms with van der Waals surface area (Å²) >= 11 is 0. The molecule has 0 fully saturated rings. The van der Waals surface area contributed by atoms with Gasteiger partial charge in [0.25, 0.3) is 0 Å². The molecule has 0 unspecified atom stereocenters. The number of nitro benzene ring substituents is 1. The molecule has 3 aromatic carbocycles. The molecular formula is C23H16N2O5. The van der Waals surface area contributed by atoms with Crippen molar-refractivity contribution in [3.8, 4) is 11.5 Å². The maximum Gasteiger partial charge on any atom is 0.343 e. The Kier molecular flexibility index (Phi) is 5.34. The first-order valence-electron chi connectivity index (χ1n) is 9.13. The third-order valence-electron chi connectivity index (χ3n) is 4.44. The normalized spacial score (nSPS) is 10.5. The van der Waals surface area contributed by atoms with E-state index >= 15 is 0 Å². The van der Waals surface area contributed by atoms with Crippen LogP contribution >= 0.6 is 0 Å². The minimum absolute atomic E-state index is 0.174. The summed E-state index contributed by atoms with van der Waals surface area (Å²) in [7, 11) is 0. The van der Waals surface area contributed by atoms with E-state index < -0.39 is 10.9 Å². The van der Waals surface area contributed by atoms with Crippen LogP contribution in [0.1, 0.15) is 15.9 Å². The van der Waals surface area contributed by atoms with Crippen LogP contribution in [0.2, 0.25) is 0 Å². The first-order chi connectivity index (χ1) is 14.6. The Bertz CT molecular complexity index is 1210. The number of fused-ring (bicyclic) bond motifs is 1. The molecule has 0 N–H and O–H groups in total. The largest absolute Gasteiger partial charge is 0.489 e. The molecule has 0 amide bonds. The van der Waals surface area contributed by atoms with Crippen LogP contribution in [0.3, 0.4) is 0 Å². The van der Waals surface area contributed by atoms with Gasteiger partial charge >= 0.3 is 11.7 Å². The van der Waals surface area contributed by atoms with Crippen LogP contribution in [0.5, 0.6) is 11.5 Å². The molecule has 148 valence electrons. The van der Waals surface area contributed by atoms with Crippen molar-refractivity contribution >= 4 is 22.6 Å². The molecule has 0 spiro atoms. The fourth-order valence-electron chi connectivity index (χ4n) is 2.93. The highest BCUT2D eigenvalue weighted by molar-refractivity contribution is 5.96. The lowest BCUT2D eigenvalue weighted by Gasteiger charge is -2.09. The molecule has 0 radical (unpaired) electrons. The van der Waals surface area contributed by atoms with Crippen LogP contribution in [0.25, 0.3) is 10.9 Å². The van der Waals surface area contributed by atoms with Crippen molar-refractivity contribution < 1.29 is 19.2 Å². The Balaban J connectivity index is 1.53. The highest BCUT2D eigenvalue weighted by Gasteiger charge is 2.23. The molecule has 0 aliphatic carbocycles. The summed E-state index contributed by atoms with van der Waals surface area (Å²) in [5, 5.41) is 12.0. The van der Waals surface area contributed by atoms with Gasteiger partial charge in [-0.15, -0.1) is 0 Å². The fourth-order valence-corrected chi connectivity index (χ4v) is 2.93. The van der Waals surface area contributed by atoms with Gasteiger partial charge in [0.1, 0.15) is 17.9 Å². The topological polar surface area (TPSA) is 91.6 Å². The highest BCUT2D eigenvalue weighted by Crippen LogP contribution is 2.34. The van der Waals surface area contributed by atoms with Crippen molar-refractivity contribution in [3.63, 3.8) is 0 Å². The summed E-state index contributed by atoms with van der Waals surface area (Å²) in [6.07, 6.45) is 1.49. The van der Waals surface area contributed by atoms with E-state index in [1.54, 1.807) is 42.5 Å². The maximum absolute atomic E-state index is 12.6. The molecule has 30 heavy (non-hydrogen) atoms. The first-order valence-corrected chi connectivity index (χ1v) is 9.13. The summed E-state index contributed by atoms with van der Waals surface area (Å²) in [6, 6.07) is 22.4. The first kappa shape index (κ1) is 19.1. The zero-order chi connectivity index (χ0) is 20.9. The monoisotopic (exact) mass is 400 g/mol. The third-order valence-corrected chi connectivity index (χ3v) is 4.44. The summed E-state index contributed by atoms with van der Waals surface area (Å²) in [5.41, 5.74) is 1.20. The lowest BCUT2D eigenvalue weighted by Crippen LogP contribution is -2.10. The minimum Gasteiger partial charge on any atom is -0.489 e. The van der Waals surface area contributed by atoms with Crippen molar-refractivity contribution in [2.75, 3.05) is 0 Å². The van der Waals surface area contributed by atoms with Gasteiger partial charge in [-0.1, -0.05) is 36.4 Å². The maximum atomic E-state index is 12.6. The molecule has 7 heteroatoms. The Morgan fingerprint density at radius 3 is 2.43 bits per heavy atom. The molecule has 0 bridgehead atoms. The minimum atomic E-state index is -0.717. The van der Waals surface area contributed by atoms with Gasteiger partial charge in [0, 0.05) is 17.6 Å². The van der Waals surface area contributed by atoms with E-state index in [1.807, 2.05) is 30.3 Å². The second-order valence-electron chi connectivity index (χ2n) is 6.43. The van der Waals surface area contributed by atoms with Crippen molar-refractivity contribution in [1.29, 1.82) is 0 Å². The molecule has 1 heterocycles. The van der Waals surface area contributed by atoms with Crippen LogP contribution in [-0.2, 0) is 6.61 Å². The number of carbonyl (C=O) groups excluding carboxylic acids is 1. The van der Waals surface area contributed by atoms with Gasteiger partial charge in [-0.05, 0) is 42.0 Å². The molecule has 1 aromatic heterocycles. The van der Waals surface area contributed by atoms with Gasteiger partial charge in [-0.3, -0.25) is 15.1 Å². The quantitative estimate of drug-likeness (QED) is 0.197. The number of pyridine rings is 1. The van der Waals surface area contributed by atoms with E-state index in [0.29, 0.717) is 17.7 Å². The number of hydrogen-bond donors (Lipinski definition) is 0. The van der Waals surface area contributed by atoms with Gasteiger partial charge < -0.3 is 9.47 Å². The van der Waals surface area contributed by atoms with Crippen LogP contribution in [0.4, 0.5) is 5.69 Å². The molecule has 4 aromatic rings. The van der Waals surface area contributed by atoms with Crippen LogP contribution in [0.15, 0.2) is 85.1 Å². The Hall–Kier alpha value is -4.26. The predicted octanol–water partition coefficient (Wildman–Crippen LogP) is 4.94. The van der Waals surface area contributed by atoms with Gasteiger partial charge in [-0.25, -0.2) is 4.79 Å². The molecule has 7 nitrogen and oxygen atoms in total. The standard InChI is InChI=1S/C23H16N2O5/c26-23(18-8-11-19(12-9-18)29-15-16-5-2-1-3-6-16)30-22-20(25(27)28)13-10-17-7-4-14-24-21(17)22/h1-14H,15H2. The third kappa shape index (κ3) is 4.10. The van der Waals surface area contributed by atoms with E-state index in [2.05, 4.69) is 4.98 Å². The second-order valence-corrected chi connectivity index (χ2v) is 6.43. The Labute approximate surface area is 171 Å². The number of ether oxygens (including phenoxy) is 2. The Morgan fingerprint density at radius 2 is 1.70 bits per heavy atom. The molecule has 0 aliphatic heterocycles. The van der Waals surface area contributed by atoms with Crippen LogP contribution in [0, 0.1) is 10.1 Å². The number of nitrogens with zero attached hydrogens (tertiary/aromatic N) is 2. The fraction of sp³-hybridized carbons (Fsp3) is 0.0435. The lowest BCUT2D eigenvalue weighted by atomic mass is 10.1. The number of esters is 1. The lowest BCUT2D eigenvalue weighted by molar-refractivity contribution is -0.385. The highest BCUT2D eigenvalue weighted by atomic mass is 16.6. The van der Waals surface area contributed by atoms with Gasteiger partial charge in [0.15, 0.2) is 0 Å². The number of hydrogen-bond acceptors (Lipinski definition) is 6. The number of carbonyl (C=O) groups is 1. The molecule has 0 aliphatic rings. The van der Waals surface area contributed by atoms with E-state index in [4.69, 9.17) is 9.47 Å². The van der Waals surface area contributed by atoms with E-state index in [1.165, 1.54) is 12.3 Å². The number of rotatable bonds is 6. The molecule has 0 saturated heterocycles. The zero-order valence-electron chi connectivity index (χ0n) is 15.7. The molecule has 0 atom stereocenters. The zero-order valence-corrected chi connectivity index (χ0v) is 15.7. The number of nitro groups is 1. The molecule has 4 rings (SSSR count). The molecule has 0 saturated carbocycles. The Morgan fingerprint density at radius 1 is 0.933 bits per heavy atom. The van der Waals surface area contributed by atoms with Crippen molar-refractivity contribution in [2.24, 2.45) is 0 Å². The van der Waals surface area contributed by atoms with E-state index in [9.17, 15) is 14.9 Å². The summed E-state index contributed by atoms with van der Waals surface area (Å²) in [6.45, 7) is 0.401. The predicted molar refractivity (Wildman–Crippen MR) is 111 cm³/mol. The van der Waals surface area contributed by atoms with E-state index in [0.717, 1.165) is 5.56 Å². The summed E-state index contributed by atoms with van der Waals surface area (Å²) < 4.78 is 11.1. The number of aromatic nitrogens is 1. The van der Waals surface area contributed by atoms with Crippen LogP contribution in [-0.4, -0.2) is 15.9 Å². The summed E-state index contributed by atoms with van der Waals surface area (Å²) in [4.78, 5) is 27.5. The summed E-state index contributed by atoms with van der Waals surface area (Å²) in [5.74, 6) is -0.299. The van der Waals surface area contributed by atoms with Gasteiger partial charge in [-0.2, -0.15) is 0 Å². The average molecular weight is 400 g/mol.